The number of nitrogens with one attached hydrogen (secondary N) is 1. The van der Waals surface area contributed by atoms with Crippen molar-refractivity contribution in [2.24, 2.45) is 11.8 Å². The normalized spacial score (nSPS) is 16.5. The standard InChI is InChI=1S/C20H27N3O2S2/c1-5-8-23-19(25)17-14-7-6-13(4)9-15(14)27-18(17)22-20(23)26-11-16(24)21-10-12(2)3/h5,12-13H,1,6-11H2,2-4H3,(H,21,24). The second-order valence-corrected chi connectivity index (χ2v) is 9.64. The lowest BCUT2D eigenvalue weighted by molar-refractivity contribution is -0.118. The predicted molar refractivity (Wildman–Crippen MR) is 114 cm³/mol. The molecule has 0 aromatic carbocycles. The number of hydrogen-bond donors (Lipinski definition) is 1. The molecule has 5 nitrogen and oxygen atoms in total. The van der Waals surface area contributed by atoms with Gasteiger partial charge in [-0.3, -0.25) is 14.2 Å². The van der Waals surface area contributed by atoms with Gasteiger partial charge >= 0.3 is 0 Å². The summed E-state index contributed by atoms with van der Waals surface area (Å²) in [6.45, 7) is 11.2. The van der Waals surface area contributed by atoms with E-state index < -0.39 is 0 Å². The molecule has 1 N–H and O–H groups in total. The Kier molecular flexibility index (Phi) is 6.42. The molecule has 1 amide bonds. The SMILES string of the molecule is C=CCn1c(SCC(=O)NCC(C)C)nc2sc3c(c2c1=O)CCC(C)C3. The average molecular weight is 406 g/mol. The van der Waals surface area contributed by atoms with E-state index in [1.165, 1.54) is 22.2 Å². The van der Waals surface area contributed by atoms with Crippen LogP contribution in [-0.4, -0.2) is 27.8 Å². The minimum absolute atomic E-state index is 0.00274. The van der Waals surface area contributed by atoms with Crippen LogP contribution in [0.25, 0.3) is 10.2 Å². The first-order chi connectivity index (χ1) is 12.9. The Morgan fingerprint density at radius 3 is 3.00 bits per heavy atom. The van der Waals surface area contributed by atoms with E-state index in [1.54, 1.807) is 22.0 Å². The van der Waals surface area contributed by atoms with Crippen LogP contribution < -0.4 is 10.9 Å². The van der Waals surface area contributed by atoms with Crippen LogP contribution in [0.4, 0.5) is 0 Å². The topological polar surface area (TPSA) is 64.0 Å². The Balaban J connectivity index is 1.92. The van der Waals surface area contributed by atoms with E-state index in [-0.39, 0.29) is 17.2 Å². The summed E-state index contributed by atoms with van der Waals surface area (Å²) in [5, 5.41) is 4.28. The van der Waals surface area contributed by atoms with E-state index in [4.69, 9.17) is 4.98 Å². The zero-order valence-corrected chi connectivity index (χ0v) is 17.8. The molecule has 0 fully saturated rings. The van der Waals surface area contributed by atoms with Gasteiger partial charge < -0.3 is 5.32 Å². The Labute approximate surface area is 168 Å². The highest BCUT2D eigenvalue weighted by molar-refractivity contribution is 7.99. The maximum Gasteiger partial charge on any atom is 0.263 e. The molecule has 3 rings (SSSR count). The highest BCUT2D eigenvalue weighted by Crippen LogP contribution is 2.36. The van der Waals surface area contributed by atoms with E-state index in [0.717, 1.165) is 29.5 Å². The van der Waals surface area contributed by atoms with Crippen molar-refractivity contribution in [3.63, 3.8) is 0 Å². The molecule has 0 radical (unpaired) electrons. The smallest absolute Gasteiger partial charge is 0.263 e. The summed E-state index contributed by atoms with van der Waals surface area (Å²) in [5.41, 5.74) is 1.19. The van der Waals surface area contributed by atoms with Gasteiger partial charge in [0, 0.05) is 18.0 Å². The van der Waals surface area contributed by atoms with Crippen molar-refractivity contribution in [3.8, 4) is 0 Å². The van der Waals surface area contributed by atoms with Gasteiger partial charge in [0.15, 0.2) is 5.16 Å². The monoisotopic (exact) mass is 405 g/mol. The van der Waals surface area contributed by atoms with Crippen molar-refractivity contribution in [2.45, 2.75) is 51.7 Å². The fourth-order valence-corrected chi connectivity index (χ4v) is 5.57. The van der Waals surface area contributed by atoms with Crippen LogP contribution in [0.1, 0.15) is 37.6 Å². The van der Waals surface area contributed by atoms with Crippen LogP contribution in [0.15, 0.2) is 22.6 Å². The zero-order chi connectivity index (χ0) is 19.6. The maximum absolute atomic E-state index is 13.2. The quantitative estimate of drug-likeness (QED) is 0.434. The van der Waals surface area contributed by atoms with Crippen LogP contribution in [0.5, 0.6) is 0 Å². The van der Waals surface area contributed by atoms with Gasteiger partial charge in [0.05, 0.1) is 11.1 Å². The molecular formula is C20H27N3O2S2. The van der Waals surface area contributed by atoms with E-state index >= 15 is 0 Å². The fourth-order valence-electron chi connectivity index (χ4n) is 3.30. The largest absolute Gasteiger partial charge is 0.355 e. The lowest BCUT2D eigenvalue weighted by Crippen LogP contribution is -2.29. The van der Waals surface area contributed by atoms with Gasteiger partial charge in [-0.1, -0.05) is 38.6 Å². The lowest BCUT2D eigenvalue weighted by Gasteiger charge is -2.17. The number of hydrogen-bond acceptors (Lipinski definition) is 5. The number of fused-ring (bicyclic) bond motifs is 3. The van der Waals surface area contributed by atoms with Crippen LogP contribution in [-0.2, 0) is 24.2 Å². The number of rotatable bonds is 7. The number of allylic oxidation sites excluding steroid dienone is 1. The molecule has 27 heavy (non-hydrogen) atoms. The van der Waals surface area contributed by atoms with Gasteiger partial charge in [0.25, 0.3) is 5.56 Å². The molecule has 1 unspecified atom stereocenters. The van der Waals surface area contributed by atoms with Crippen molar-refractivity contribution in [1.82, 2.24) is 14.9 Å². The predicted octanol–water partition coefficient (Wildman–Crippen LogP) is 3.63. The molecule has 146 valence electrons. The molecule has 0 aliphatic heterocycles. The van der Waals surface area contributed by atoms with Crippen molar-refractivity contribution in [2.75, 3.05) is 12.3 Å². The van der Waals surface area contributed by atoms with Crippen molar-refractivity contribution in [3.05, 3.63) is 33.4 Å². The van der Waals surface area contributed by atoms with E-state index in [2.05, 4.69) is 32.7 Å². The van der Waals surface area contributed by atoms with Gasteiger partial charge in [-0.2, -0.15) is 0 Å². The second kappa shape index (κ2) is 8.61. The van der Waals surface area contributed by atoms with Crippen molar-refractivity contribution >= 4 is 39.2 Å². The first-order valence-electron chi connectivity index (χ1n) is 9.46. The third-order valence-electron chi connectivity index (χ3n) is 4.73. The number of amides is 1. The van der Waals surface area contributed by atoms with Crippen LogP contribution in [0, 0.1) is 11.8 Å². The first-order valence-corrected chi connectivity index (χ1v) is 11.3. The minimum atomic E-state index is -0.0347. The van der Waals surface area contributed by atoms with E-state index in [0.29, 0.717) is 30.1 Å². The van der Waals surface area contributed by atoms with Gasteiger partial charge in [0.1, 0.15) is 4.83 Å². The number of carbonyl (C=O) groups excluding carboxylic acids is 1. The summed E-state index contributed by atoms with van der Waals surface area (Å²) in [5.74, 6) is 1.28. The van der Waals surface area contributed by atoms with Crippen LogP contribution >= 0.6 is 23.1 Å². The summed E-state index contributed by atoms with van der Waals surface area (Å²) in [4.78, 5) is 32.1. The highest BCUT2D eigenvalue weighted by atomic mass is 32.2. The van der Waals surface area contributed by atoms with Crippen LogP contribution in [0.3, 0.4) is 0 Å². The Hall–Kier alpha value is -1.60. The molecule has 7 heteroatoms. The molecule has 1 aliphatic carbocycles. The minimum Gasteiger partial charge on any atom is -0.355 e. The van der Waals surface area contributed by atoms with Crippen molar-refractivity contribution < 1.29 is 4.79 Å². The molecule has 0 bridgehead atoms. The number of aryl methyl sites for hydroxylation is 1. The van der Waals surface area contributed by atoms with Gasteiger partial charge in [-0.15, -0.1) is 17.9 Å². The maximum atomic E-state index is 13.2. The summed E-state index contributed by atoms with van der Waals surface area (Å²) in [6, 6.07) is 0. The summed E-state index contributed by atoms with van der Waals surface area (Å²) in [7, 11) is 0. The second-order valence-electron chi connectivity index (χ2n) is 7.62. The molecule has 2 heterocycles. The molecule has 1 atom stereocenters. The molecular weight excluding hydrogens is 378 g/mol. The summed E-state index contributed by atoms with van der Waals surface area (Å²) in [6.07, 6.45) is 4.80. The molecule has 0 saturated carbocycles. The Morgan fingerprint density at radius 1 is 1.52 bits per heavy atom. The first kappa shape index (κ1) is 20.1. The summed E-state index contributed by atoms with van der Waals surface area (Å²) >= 11 is 2.96. The number of nitrogens with zero attached hydrogens (tertiary/aromatic N) is 2. The zero-order valence-electron chi connectivity index (χ0n) is 16.2. The van der Waals surface area contributed by atoms with Gasteiger partial charge in [-0.25, -0.2) is 4.98 Å². The fraction of sp³-hybridized carbons (Fsp3) is 0.550. The Bertz CT molecular complexity index is 914. The summed E-state index contributed by atoms with van der Waals surface area (Å²) < 4.78 is 1.65. The lowest BCUT2D eigenvalue weighted by atomic mass is 9.89. The number of thiophene rings is 1. The third kappa shape index (κ3) is 4.46. The Morgan fingerprint density at radius 2 is 2.30 bits per heavy atom. The van der Waals surface area contributed by atoms with Gasteiger partial charge in [-0.05, 0) is 36.7 Å². The molecule has 2 aromatic rings. The molecule has 0 saturated heterocycles. The van der Waals surface area contributed by atoms with Crippen LogP contribution in [0.2, 0.25) is 0 Å². The molecule has 2 aromatic heterocycles. The number of aromatic nitrogens is 2. The molecule has 1 aliphatic rings. The van der Waals surface area contributed by atoms with Gasteiger partial charge in [0.2, 0.25) is 5.91 Å². The van der Waals surface area contributed by atoms with Crippen molar-refractivity contribution in [1.29, 1.82) is 0 Å². The average Bonchev–Trinajstić information content (AvgIpc) is 2.98. The number of thioether (sulfide) groups is 1. The third-order valence-corrected chi connectivity index (χ3v) is 6.86. The molecule has 0 spiro atoms. The highest BCUT2D eigenvalue weighted by Gasteiger charge is 2.24. The number of carbonyl (C=O) groups is 1. The van der Waals surface area contributed by atoms with E-state index in [9.17, 15) is 9.59 Å². The van der Waals surface area contributed by atoms with E-state index in [1.807, 2.05) is 0 Å².